The van der Waals surface area contributed by atoms with E-state index >= 15 is 0 Å². The van der Waals surface area contributed by atoms with E-state index < -0.39 is 17.8 Å². The first kappa shape index (κ1) is 15.4. The van der Waals surface area contributed by atoms with Crippen molar-refractivity contribution in [1.82, 2.24) is 15.0 Å². The maximum atomic E-state index is 12.9. The van der Waals surface area contributed by atoms with Crippen LogP contribution in [-0.4, -0.2) is 39.1 Å². The lowest BCUT2D eigenvalue weighted by Crippen LogP contribution is -2.49. The highest BCUT2D eigenvalue weighted by molar-refractivity contribution is 5.86. The molecule has 0 radical (unpaired) electrons. The van der Waals surface area contributed by atoms with Gasteiger partial charge >= 0.3 is 5.97 Å². The highest BCUT2D eigenvalue weighted by Crippen LogP contribution is 2.45. The van der Waals surface area contributed by atoms with E-state index in [0.717, 1.165) is 25.7 Å². The Labute approximate surface area is 139 Å². The SMILES string of the molecule is CN(Cc1noc(C2CC2)n1)C(=O)[C@H]1C2C=CC(CC2)[C@H]1C(=O)O. The minimum Gasteiger partial charge on any atom is -0.481 e. The van der Waals surface area contributed by atoms with E-state index in [1.807, 2.05) is 12.2 Å². The van der Waals surface area contributed by atoms with Gasteiger partial charge in [-0.05, 0) is 37.5 Å². The molecule has 1 aromatic rings. The number of aromatic nitrogens is 2. The van der Waals surface area contributed by atoms with Crippen LogP contribution in [0.25, 0.3) is 0 Å². The Morgan fingerprint density at radius 2 is 1.88 bits per heavy atom. The molecule has 1 heterocycles. The van der Waals surface area contributed by atoms with E-state index in [9.17, 15) is 14.7 Å². The summed E-state index contributed by atoms with van der Waals surface area (Å²) in [5.41, 5.74) is 0. The van der Waals surface area contributed by atoms with E-state index in [0.29, 0.717) is 17.6 Å². The van der Waals surface area contributed by atoms with Gasteiger partial charge in [-0.2, -0.15) is 4.98 Å². The number of carboxylic acid groups (broad SMARTS) is 1. The van der Waals surface area contributed by atoms with Crippen molar-refractivity contribution >= 4 is 11.9 Å². The van der Waals surface area contributed by atoms with Gasteiger partial charge in [0.25, 0.3) is 0 Å². The summed E-state index contributed by atoms with van der Waals surface area (Å²) in [5.74, 6) is -0.662. The maximum Gasteiger partial charge on any atom is 0.307 e. The summed E-state index contributed by atoms with van der Waals surface area (Å²) in [6, 6.07) is 0. The third-order valence-corrected chi connectivity index (χ3v) is 5.48. The molecule has 7 nitrogen and oxygen atoms in total. The molecule has 1 amide bonds. The van der Waals surface area contributed by atoms with Gasteiger partial charge in [0.1, 0.15) is 0 Å². The lowest BCUT2D eigenvalue weighted by atomic mass is 9.62. The van der Waals surface area contributed by atoms with Crippen molar-refractivity contribution in [3.05, 3.63) is 23.9 Å². The number of nitrogens with zero attached hydrogens (tertiary/aromatic N) is 3. The van der Waals surface area contributed by atoms with Gasteiger partial charge in [0.05, 0.1) is 18.4 Å². The maximum absolute atomic E-state index is 12.9. The molecule has 0 spiro atoms. The van der Waals surface area contributed by atoms with Gasteiger partial charge in [-0.25, -0.2) is 0 Å². The zero-order valence-electron chi connectivity index (χ0n) is 13.6. The first-order valence-electron chi connectivity index (χ1n) is 8.53. The van der Waals surface area contributed by atoms with E-state index in [1.165, 1.54) is 4.90 Å². The van der Waals surface area contributed by atoms with Crippen LogP contribution in [0.1, 0.15) is 43.3 Å². The Morgan fingerprint density at radius 3 is 2.46 bits per heavy atom. The van der Waals surface area contributed by atoms with Gasteiger partial charge in [0.15, 0.2) is 5.82 Å². The smallest absolute Gasteiger partial charge is 0.307 e. The van der Waals surface area contributed by atoms with Crippen LogP contribution in [0.15, 0.2) is 16.7 Å². The highest BCUT2D eigenvalue weighted by atomic mass is 16.5. The molecule has 5 rings (SSSR count). The van der Waals surface area contributed by atoms with Crippen molar-refractivity contribution in [2.45, 2.75) is 38.1 Å². The fraction of sp³-hybridized carbons (Fsp3) is 0.647. The van der Waals surface area contributed by atoms with Crippen LogP contribution in [-0.2, 0) is 16.1 Å². The average Bonchev–Trinajstić information content (AvgIpc) is 3.34. The average molecular weight is 331 g/mol. The Balaban J connectivity index is 1.48. The lowest BCUT2D eigenvalue weighted by molar-refractivity contribution is -0.156. The highest BCUT2D eigenvalue weighted by Gasteiger charge is 2.49. The van der Waals surface area contributed by atoms with Gasteiger partial charge < -0.3 is 14.5 Å². The molecule has 2 bridgehead atoms. The fourth-order valence-electron chi connectivity index (χ4n) is 4.04. The number of aliphatic carboxylic acids is 1. The second-order valence-corrected chi connectivity index (χ2v) is 7.20. The number of hydrogen-bond donors (Lipinski definition) is 1. The lowest BCUT2D eigenvalue weighted by Gasteiger charge is -2.43. The van der Waals surface area contributed by atoms with Crippen LogP contribution in [0, 0.1) is 23.7 Å². The number of carboxylic acids is 1. The molecule has 7 heteroatoms. The van der Waals surface area contributed by atoms with Crippen molar-refractivity contribution in [2.75, 3.05) is 7.05 Å². The molecule has 1 N–H and O–H groups in total. The van der Waals surface area contributed by atoms with Crippen LogP contribution >= 0.6 is 0 Å². The quantitative estimate of drug-likeness (QED) is 0.827. The Morgan fingerprint density at radius 1 is 1.21 bits per heavy atom. The number of allylic oxidation sites excluding steroid dienone is 2. The van der Waals surface area contributed by atoms with Crippen molar-refractivity contribution in [3.63, 3.8) is 0 Å². The minimum atomic E-state index is -0.878. The number of fused-ring (bicyclic) bond motifs is 2. The summed E-state index contributed by atoms with van der Waals surface area (Å²) in [5, 5.41) is 13.5. The molecule has 24 heavy (non-hydrogen) atoms. The van der Waals surface area contributed by atoms with E-state index in [1.54, 1.807) is 7.05 Å². The van der Waals surface area contributed by atoms with E-state index in [4.69, 9.17) is 4.52 Å². The van der Waals surface area contributed by atoms with Gasteiger partial charge in [-0.15, -0.1) is 0 Å². The fourth-order valence-corrected chi connectivity index (χ4v) is 4.04. The molecule has 0 aliphatic heterocycles. The molecule has 4 aliphatic rings. The predicted octanol–water partition coefficient (Wildman–Crippen LogP) is 1.82. The first-order chi connectivity index (χ1) is 11.5. The third kappa shape index (κ3) is 2.61. The van der Waals surface area contributed by atoms with Crippen LogP contribution < -0.4 is 0 Å². The Kier molecular flexibility index (Phi) is 3.66. The number of amides is 1. The number of carbonyl (C=O) groups is 2. The summed E-state index contributed by atoms with van der Waals surface area (Å²) in [6.45, 7) is 0.249. The van der Waals surface area contributed by atoms with E-state index in [2.05, 4.69) is 10.1 Å². The van der Waals surface area contributed by atoms with Gasteiger partial charge in [0.2, 0.25) is 11.8 Å². The van der Waals surface area contributed by atoms with Gasteiger partial charge in [0, 0.05) is 13.0 Å². The van der Waals surface area contributed by atoms with Crippen molar-refractivity contribution < 1.29 is 19.2 Å². The molecule has 2 fully saturated rings. The molecule has 1 aromatic heterocycles. The number of hydrogen-bond acceptors (Lipinski definition) is 5. The molecule has 2 saturated carbocycles. The van der Waals surface area contributed by atoms with Crippen molar-refractivity contribution in [1.29, 1.82) is 0 Å². The molecule has 0 aromatic carbocycles. The number of rotatable bonds is 5. The summed E-state index contributed by atoms with van der Waals surface area (Å²) in [7, 11) is 1.68. The van der Waals surface area contributed by atoms with Gasteiger partial charge in [-0.3, -0.25) is 9.59 Å². The van der Waals surface area contributed by atoms with Crippen LogP contribution in [0.5, 0.6) is 0 Å². The molecule has 2 unspecified atom stereocenters. The molecule has 128 valence electrons. The molecule has 4 atom stereocenters. The minimum absolute atomic E-state index is 0.0124. The van der Waals surface area contributed by atoms with Crippen molar-refractivity contribution in [3.8, 4) is 0 Å². The molecular formula is C17H21N3O4. The molecule has 0 saturated heterocycles. The topological polar surface area (TPSA) is 96.5 Å². The molecule has 4 aliphatic carbocycles. The van der Waals surface area contributed by atoms with Crippen molar-refractivity contribution in [2.24, 2.45) is 23.7 Å². The second kappa shape index (κ2) is 5.72. The van der Waals surface area contributed by atoms with E-state index in [-0.39, 0.29) is 24.3 Å². The first-order valence-corrected chi connectivity index (χ1v) is 8.53. The standard InChI is InChI=1S/C17H21N3O4/c1-20(8-12-18-15(24-19-12)11-6-7-11)16(21)13-9-2-4-10(5-3-9)14(13)17(22)23/h2,4,9-11,13-14H,3,5-8H2,1H3,(H,22,23)/t9?,10?,13-,14+/m0/s1. The zero-order valence-corrected chi connectivity index (χ0v) is 13.6. The monoisotopic (exact) mass is 331 g/mol. The van der Waals surface area contributed by atoms with Crippen LogP contribution in [0.4, 0.5) is 0 Å². The van der Waals surface area contributed by atoms with Crippen LogP contribution in [0.3, 0.4) is 0 Å². The predicted molar refractivity (Wildman–Crippen MR) is 82.7 cm³/mol. The zero-order chi connectivity index (χ0) is 16.8. The Hall–Kier alpha value is -2.18. The summed E-state index contributed by atoms with van der Waals surface area (Å²) in [4.78, 5) is 30.5. The summed E-state index contributed by atoms with van der Waals surface area (Å²) < 4.78 is 5.22. The van der Waals surface area contributed by atoms with Crippen LogP contribution in [0.2, 0.25) is 0 Å². The summed E-state index contributed by atoms with van der Waals surface area (Å²) in [6.07, 6.45) is 7.87. The Bertz CT molecular complexity index is 694. The molecular weight excluding hydrogens is 310 g/mol. The summed E-state index contributed by atoms with van der Waals surface area (Å²) >= 11 is 0. The number of carbonyl (C=O) groups excluding carboxylic acids is 1. The third-order valence-electron chi connectivity index (χ3n) is 5.48. The largest absolute Gasteiger partial charge is 0.481 e. The second-order valence-electron chi connectivity index (χ2n) is 7.20. The van der Waals surface area contributed by atoms with Gasteiger partial charge in [-0.1, -0.05) is 17.3 Å². The normalized spacial score (nSPS) is 31.2.